The average molecular weight is 497 g/mol. The van der Waals surface area contributed by atoms with E-state index in [-0.39, 0.29) is 39.7 Å². The summed E-state index contributed by atoms with van der Waals surface area (Å²) < 4.78 is 5.86. The third kappa shape index (κ3) is 3.11. The van der Waals surface area contributed by atoms with Crippen LogP contribution in [-0.4, -0.2) is 23.1 Å². The topological polar surface area (TPSA) is 63.6 Å². The van der Waals surface area contributed by atoms with Crippen LogP contribution in [0, 0.1) is 50.7 Å². The zero-order valence-electron chi connectivity index (χ0n) is 23.9. The molecule has 0 spiro atoms. The highest BCUT2D eigenvalue weighted by molar-refractivity contribution is 5.77. The number of carboxylic acids is 1. The lowest BCUT2D eigenvalue weighted by Crippen LogP contribution is -2.62. The predicted octanol–water partition coefficient (Wildman–Crippen LogP) is 7.58. The van der Waals surface area contributed by atoms with Crippen LogP contribution in [0.4, 0.5) is 0 Å². The Morgan fingerprint density at radius 2 is 1.58 bits per heavy atom. The fourth-order valence-corrected chi connectivity index (χ4v) is 10.6. The van der Waals surface area contributed by atoms with E-state index in [1.807, 2.05) is 0 Å². The maximum absolute atomic E-state index is 12.8. The van der Waals surface area contributed by atoms with Crippen molar-refractivity contribution in [2.45, 2.75) is 113 Å². The molecule has 0 aromatic rings. The average Bonchev–Trinajstić information content (AvgIpc) is 2.78. The van der Waals surface area contributed by atoms with Gasteiger partial charge in [-0.05, 0) is 91.3 Å². The number of hydrogen-bond donors (Lipinski definition) is 1. The molecular weight excluding hydrogens is 448 g/mol. The SMILES string of the molecule is CC(=O)O[C@H]1CC[C@]2(C)C3=CC=C4[C@@H]5[C@@H](C)[C@H](C)CC[C@]5(C(=O)O)CC[C@@]4(C)[C@]3(C)CC[C@H]2C1(C)C. The number of hydrogen-bond acceptors (Lipinski definition) is 3. The van der Waals surface area contributed by atoms with Gasteiger partial charge in [0.25, 0.3) is 0 Å². The number of aliphatic carboxylic acids is 1. The van der Waals surface area contributed by atoms with Gasteiger partial charge in [0.1, 0.15) is 6.10 Å². The van der Waals surface area contributed by atoms with Gasteiger partial charge in [0.05, 0.1) is 5.41 Å². The number of esters is 1. The van der Waals surface area contributed by atoms with Crippen molar-refractivity contribution in [1.29, 1.82) is 0 Å². The Labute approximate surface area is 218 Å². The highest BCUT2D eigenvalue weighted by Gasteiger charge is 2.68. The molecule has 0 aromatic heterocycles. The standard InChI is InChI=1S/C32H48O4/c1-19-11-16-32(27(34)35)18-17-30(7)22(26(32)20(19)2)9-10-24-29(6)14-13-25(36-21(3)33)28(4,5)23(29)12-15-31(24,30)8/h9-10,19-20,23,25-26H,11-18H2,1-8H3,(H,34,35)/t19-,20+,23+,25+,26+,29+,30-,31-,32+/m1/s1. The van der Waals surface area contributed by atoms with Crippen LogP contribution in [-0.2, 0) is 14.3 Å². The fourth-order valence-electron chi connectivity index (χ4n) is 10.6. The van der Waals surface area contributed by atoms with Crippen LogP contribution in [0.1, 0.15) is 107 Å². The number of ether oxygens (including phenoxy) is 1. The molecule has 0 aliphatic heterocycles. The first-order valence-electron chi connectivity index (χ1n) is 14.5. The molecule has 5 rings (SSSR count). The molecule has 5 aliphatic rings. The van der Waals surface area contributed by atoms with Crippen molar-refractivity contribution in [2.24, 2.45) is 50.7 Å². The number of carbonyl (C=O) groups is 2. The van der Waals surface area contributed by atoms with Gasteiger partial charge in [0, 0.05) is 12.3 Å². The van der Waals surface area contributed by atoms with Crippen LogP contribution >= 0.6 is 0 Å². The van der Waals surface area contributed by atoms with Gasteiger partial charge < -0.3 is 9.84 Å². The number of allylic oxidation sites excluding steroid dienone is 4. The third-order valence-electron chi connectivity index (χ3n) is 13.1. The Morgan fingerprint density at radius 1 is 0.889 bits per heavy atom. The fraction of sp³-hybridized carbons (Fsp3) is 0.812. The smallest absolute Gasteiger partial charge is 0.310 e. The molecule has 0 amide bonds. The van der Waals surface area contributed by atoms with Crippen LogP contribution in [0.5, 0.6) is 0 Å². The lowest BCUT2D eigenvalue weighted by molar-refractivity contribution is -0.174. The van der Waals surface area contributed by atoms with Gasteiger partial charge in [-0.1, -0.05) is 71.8 Å². The zero-order valence-corrected chi connectivity index (χ0v) is 23.9. The summed E-state index contributed by atoms with van der Waals surface area (Å²) >= 11 is 0. The normalized spacial score (nSPS) is 49.3. The molecule has 5 aliphatic carbocycles. The second-order valence-electron chi connectivity index (χ2n) is 14.6. The van der Waals surface area contributed by atoms with Gasteiger partial charge in [-0.15, -0.1) is 0 Å². The molecule has 1 N–H and O–H groups in total. The number of rotatable bonds is 2. The summed E-state index contributed by atoms with van der Waals surface area (Å²) in [6.07, 6.45) is 12.6. The molecule has 0 saturated heterocycles. The third-order valence-corrected chi connectivity index (χ3v) is 13.1. The molecule has 0 bridgehead atoms. The number of fused-ring (bicyclic) bond motifs is 7. The van der Waals surface area contributed by atoms with Crippen molar-refractivity contribution in [3.8, 4) is 0 Å². The highest BCUT2D eigenvalue weighted by atomic mass is 16.5. The van der Waals surface area contributed by atoms with E-state index >= 15 is 0 Å². The first-order valence-corrected chi connectivity index (χ1v) is 14.5. The summed E-state index contributed by atoms with van der Waals surface area (Å²) in [5, 5.41) is 10.6. The first-order chi connectivity index (χ1) is 16.6. The molecule has 4 saturated carbocycles. The van der Waals surface area contributed by atoms with E-state index in [2.05, 4.69) is 60.6 Å². The van der Waals surface area contributed by atoms with E-state index in [1.165, 1.54) is 12.5 Å². The molecule has 0 radical (unpaired) electrons. The lowest BCUT2D eigenvalue weighted by Gasteiger charge is -2.68. The second kappa shape index (κ2) is 7.96. The Morgan fingerprint density at radius 3 is 2.22 bits per heavy atom. The van der Waals surface area contributed by atoms with Crippen LogP contribution < -0.4 is 0 Å². The molecule has 4 heteroatoms. The van der Waals surface area contributed by atoms with Gasteiger partial charge >= 0.3 is 11.9 Å². The van der Waals surface area contributed by atoms with E-state index < -0.39 is 11.4 Å². The van der Waals surface area contributed by atoms with Gasteiger partial charge in [-0.25, -0.2) is 0 Å². The summed E-state index contributed by atoms with van der Waals surface area (Å²) in [6.45, 7) is 18.2. The Bertz CT molecular complexity index is 1040. The van der Waals surface area contributed by atoms with Crippen LogP contribution in [0.15, 0.2) is 23.3 Å². The molecule has 200 valence electrons. The van der Waals surface area contributed by atoms with Crippen molar-refractivity contribution in [3.63, 3.8) is 0 Å². The Kier molecular flexibility index (Phi) is 5.76. The van der Waals surface area contributed by atoms with E-state index in [4.69, 9.17) is 4.74 Å². The Hall–Kier alpha value is -1.58. The second-order valence-corrected chi connectivity index (χ2v) is 14.6. The highest BCUT2D eigenvalue weighted by Crippen LogP contribution is 2.74. The molecule has 0 unspecified atom stereocenters. The summed E-state index contributed by atoms with van der Waals surface area (Å²) in [6, 6.07) is 0. The number of carbonyl (C=O) groups excluding carboxylic acids is 1. The van der Waals surface area contributed by atoms with Gasteiger partial charge in [0.2, 0.25) is 0 Å². The van der Waals surface area contributed by atoms with Crippen molar-refractivity contribution in [2.75, 3.05) is 0 Å². The number of carboxylic acid groups (broad SMARTS) is 1. The molecule has 4 fully saturated rings. The Balaban J connectivity index is 1.62. The predicted molar refractivity (Wildman–Crippen MR) is 142 cm³/mol. The molecule has 4 nitrogen and oxygen atoms in total. The van der Waals surface area contributed by atoms with Crippen molar-refractivity contribution in [1.82, 2.24) is 0 Å². The quantitative estimate of drug-likeness (QED) is 0.400. The summed E-state index contributed by atoms with van der Waals surface area (Å²) in [5.41, 5.74) is 2.39. The first kappa shape index (κ1) is 26.0. The zero-order chi connectivity index (χ0) is 26.5. The van der Waals surface area contributed by atoms with Crippen molar-refractivity contribution >= 4 is 11.9 Å². The maximum atomic E-state index is 12.8. The molecule has 36 heavy (non-hydrogen) atoms. The van der Waals surface area contributed by atoms with Crippen LogP contribution in [0.25, 0.3) is 0 Å². The van der Waals surface area contributed by atoms with Crippen LogP contribution in [0.2, 0.25) is 0 Å². The largest absolute Gasteiger partial charge is 0.481 e. The monoisotopic (exact) mass is 496 g/mol. The maximum Gasteiger partial charge on any atom is 0.310 e. The van der Waals surface area contributed by atoms with Crippen LogP contribution in [0.3, 0.4) is 0 Å². The summed E-state index contributed by atoms with van der Waals surface area (Å²) in [7, 11) is 0. The molecule has 0 aromatic carbocycles. The van der Waals surface area contributed by atoms with E-state index in [0.717, 1.165) is 51.4 Å². The van der Waals surface area contributed by atoms with E-state index in [1.54, 1.807) is 5.57 Å². The van der Waals surface area contributed by atoms with Gasteiger partial charge in [0.15, 0.2) is 0 Å². The molecular formula is C32H48O4. The van der Waals surface area contributed by atoms with E-state index in [0.29, 0.717) is 17.8 Å². The van der Waals surface area contributed by atoms with Gasteiger partial charge in [-0.3, -0.25) is 9.59 Å². The minimum absolute atomic E-state index is 0.0170. The van der Waals surface area contributed by atoms with Gasteiger partial charge in [-0.2, -0.15) is 0 Å². The minimum atomic E-state index is -0.607. The summed E-state index contributed by atoms with van der Waals surface area (Å²) in [4.78, 5) is 24.7. The molecule has 0 heterocycles. The molecule has 9 atom stereocenters. The summed E-state index contributed by atoms with van der Waals surface area (Å²) in [5.74, 6) is 0.758. The van der Waals surface area contributed by atoms with Crippen molar-refractivity contribution in [3.05, 3.63) is 23.3 Å². The minimum Gasteiger partial charge on any atom is -0.481 e. The van der Waals surface area contributed by atoms with E-state index in [9.17, 15) is 14.7 Å². The van der Waals surface area contributed by atoms with Crippen molar-refractivity contribution < 1.29 is 19.4 Å². The lowest BCUT2D eigenvalue weighted by atomic mass is 9.35.